The van der Waals surface area contributed by atoms with Crippen molar-refractivity contribution in [2.24, 2.45) is 46.3 Å². The van der Waals surface area contributed by atoms with Crippen molar-refractivity contribution in [2.45, 2.75) is 185 Å². The molecule has 0 N–H and O–H groups in total. The maximum absolute atomic E-state index is 13.1. The van der Waals surface area contributed by atoms with Gasteiger partial charge >= 0.3 is 17.9 Å². The van der Waals surface area contributed by atoms with Gasteiger partial charge in [-0.1, -0.05) is 295 Å². The smallest absolute Gasteiger partial charge is 0.321 e. The van der Waals surface area contributed by atoms with Crippen LogP contribution in [0.25, 0.3) is 0 Å². The summed E-state index contributed by atoms with van der Waals surface area (Å²) >= 11 is 0. The molecule has 3 unspecified atom stereocenters. The normalized spacial score (nSPS) is 15.8. The molecule has 0 aromatic heterocycles. The van der Waals surface area contributed by atoms with Gasteiger partial charge in [0.15, 0.2) is 23.3 Å². The molecule has 3 aliphatic rings. The first kappa shape index (κ1) is 86.8. The van der Waals surface area contributed by atoms with Crippen LogP contribution in [0.3, 0.4) is 0 Å². The summed E-state index contributed by atoms with van der Waals surface area (Å²) in [7, 11) is 1.32. The third kappa shape index (κ3) is 25.3. The Bertz CT molecular complexity index is 4330. The summed E-state index contributed by atoms with van der Waals surface area (Å²) in [5.41, 5.74) is 10.8. The Morgan fingerprint density at radius 1 is 0.464 bits per heavy atom. The number of methoxy groups -OCH3 is 1. The number of ketones is 8. The first-order valence-corrected chi connectivity index (χ1v) is 38.5. The van der Waals surface area contributed by atoms with Crippen molar-refractivity contribution in [1.82, 2.24) is 0 Å². The predicted octanol–water partition coefficient (Wildman–Crippen LogP) is 19.5. The quantitative estimate of drug-likeness (QED) is 0.0252. The van der Waals surface area contributed by atoms with Gasteiger partial charge in [0, 0.05) is 60.6 Å². The van der Waals surface area contributed by atoms with Gasteiger partial charge in [-0.3, -0.25) is 52.7 Å². The van der Waals surface area contributed by atoms with Gasteiger partial charge in [-0.2, -0.15) is 0 Å². The number of rotatable bonds is 23. The van der Waals surface area contributed by atoms with Crippen LogP contribution < -0.4 is 0 Å². The van der Waals surface area contributed by atoms with Crippen molar-refractivity contribution in [3.05, 3.63) is 285 Å². The highest BCUT2D eigenvalue weighted by atomic mass is 16.6. The number of carbonyl (C=O) groups excluding carboxylic acids is 11. The van der Waals surface area contributed by atoms with E-state index in [-0.39, 0.29) is 95.0 Å². The van der Waals surface area contributed by atoms with Gasteiger partial charge in [-0.15, -0.1) is 0 Å². The first-order valence-electron chi connectivity index (χ1n) is 38.5. The van der Waals surface area contributed by atoms with Crippen LogP contribution >= 0.6 is 0 Å². The van der Waals surface area contributed by atoms with Crippen LogP contribution in [-0.2, 0) is 85.0 Å². The molecule has 8 aromatic rings. The molecule has 14 nitrogen and oxygen atoms in total. The number of hydrogen-bond acceptors (Lipinski definition) is 14. The van der Waals surface area contributed by atoms with Gasteiger partial charge in [-0.05, 0) is 117 Å². The van der Waals surface area contributed by atoms with E-state index in [1.54, 1.807) is 25.1 Å². The molecule has 8 aromatic carbocycles. The molecule has 2 fully saturated rings. The van der Waals surface area contributed by atoms with Gasteiger partial charge in [-0.25, -0.2) is 0 Å². The highest BCUT2D eigenvalue weighted by Crippen LogP contribution is 2.42. The summed E-state index contributed by atoms with van der Waals surface area (Å²) in [5.74, 6) is -4.43. The maximum Gasteiger partial charge on any atom is 0.321 e. The van der Waals surface area contributed by atoms with Gasteiger partial charge in [0.25, 0.3) is 0 Å². The molecule has 0 saturated heterocycles. The number of aryl methyl sites for hydroxylation is 1. The van der Waals surface area contributed by atoms with Crippen molar-refractivity contribution in [2.75, 3.05) is 7.11 Å². The van der Waals surface area contributed by atoms with Gasteiger partial charge in [0.2, 0.25) is 0 Å². The number of esters is 3. The van der Waals surface area contributed by atoms with Gasteiger partial charge < -0.3 is 14.2 Å². The average molecular weight is 1490 g/mol. The molecule has 3 atom stereocenters. The first-order chi connectivity index (χ1) is 52.3. The zero-order valence-electron chi connectivity index (χ0n) is 66.6. The lowest BCUT2D eigenvalue weighted by molar-refractivity contribution is -0.164. The predicted molar refractivity (Wildman–Crippen MR) is 431 cm³/mol. The lowest BCUT2D eigenvalue weighted by atomic mass is 9.65. The monoisotopic (exact) mass is 1490 g/mol. The standard InChI is InChI=1S/C24H22O4.C23H24O3.C22H34O2.C15H18O2.C12H12O3/c25-23(27-17-20-12-6-2-7-13-20)22(16-19-10-4-1-5-11-19)24(26)28-18-21-14-8-3-9-15-21;1-23(2)14-20(25)22(21(26)15-23)18(16-9-5-3-6-10-16)13-19(24)17-11-7-4-8-12-17;1-12(2)17-10-19(14(5)6)20(11-18(17)13(3)4)22(24)16(9)21(23)15(7)8;1-15(2)9-13(16)12(14(17)10-15)8-11-6-4-3-5-7-11;1-15-12(14)10-7-6-8-4-2-3-5-9(8)11(10)13/h1-15,22H,16-18H2;3-12,18,22H,13-15H2,1-2H3;10-16H,1-9H3;3-7,12H,8-10H2,1-2H3;2-5,10H,6-7H2,1H3. The summed E-state index contributed by atoms with van der Waals surface area (Å²) < 4.78 is 15.4. The van der Waals surface area contributed by atoms with E-state index in [1.165, 1.54) is 18.2 Å². The van der Waals surface area contributed by atoms with Crippen molar-refractivity contribution < 1.29 is 67.0 Å². The summed E-state index contributed by atoms with van der Waals surface area (Å²) in [5, 5.41) is 0. The number of benzene rings is 8. The molecule has 0 heterocycles. The molecule has 0 spiro atoms. The third-order valence-corrected chi connectivity index (χ3v) is 20.4. The van der Waals surface area contributed by atoms with E-state index in [2.05, 4.69) is 58.4 Å². The summed E-state index contributed by atoms with van der Waals surface area (Å²) in [6, 6.07) is 68.1. The maximum atomic E-state index is 13.1. The molecule has 0 bridgehead atoms. The Morgan fingerprint density at radius 2 is 0.873 bits per heavy atom. The molecule has 11 rings (SSSR count). The SMILES string of the molecule is CC(C)C(=O)C(C)C(=O)c1cc(C(C)C)c(C(C)C)cc1C(C)C.CC1(C)CC(=O)C(C(CC(=O)c2ccccc2)c2ccccc2)C(=O)C1.CC1(C)CC(=O)C(Cc2ccccc2)C(=O)C1.COC(=O)C1CCc2ccccc2C1=O.O=C(OCc1ccccc1)C(Cc1ccccc1)C(=O)OCc1ccccc1. The van der Waals surface area contributed by atoms with Crippen LogP contribution in [0, 0.1) is 46.3 Å². The minimum absolute atomic E-state index is 0.0220. The Labute approximate surface area is 650 Å². The second-order valence-electron chi connectivity index (χ2n) is 31.9. The largest absolute Gasteiger partial charge is 0.468 e. The zero-order chi connectivity index (χ0) is 80.4. The van der Waals surface area contributed by atoms with Crippen molar-refractivity contribution in [3.63, 3.8) is 0 Å². The molecule has 0 aliphatic heterocycles. The molecule has 578 valence electrons. The van der Waals surface area contributed by atoms with E-state index in [0.717, 1.165) is 50.9 Å². The lowest BCUT2D eigenvalue weighted by Crippen LogP contribution is -2.41. The Balaban J connectivity index is 0.000000194. The molecule has 3 aliphatic carbocycles. The minimum atomic E-state index is -1.00. The molecule has 14 heteroatoms. The molecular weight excluding hydrogens is 1380 g/mol. The Hall–Kier alpha value is -10.5. The number of carbonyl (C=O) groups is 11. The van der Waals surface area contributed by atoms with Crippen LogP contribution in [0.1, 0.15) is 233 Å². The molecule has 0 amide bonds. The van der Waals surface area contributed by atoms with Gasteiger partial charge in [0.1, 0.15) is 48.0 Å². The minimum Gasteiger partial charge on any atom is -0.468 e. The topological polar surface area (TPSA) is 215 Å². The number of fused-ring (bicyclic) bond motifs is 1. The molecule has 110 heavy (non-hydrogen) atoms. The highest BCUT2D eigenvalue weighted by Gasteiger charge is 2.45. The van der Waals surface area contributed by atoms with Crippen molar-refractivity contribution in [1.29, 1.82) is 0 Å². The summed E-state index contributed by atoms with van der Waals surface area (Å²) in [6.45, 7) is 26.5. The third-order valence-electron chi connectivity index (χ3n) is 20.4. The number of ether oxygens (including phenoxy) is 3. The van der Waals surface area contributed by atoms with Crippen LogP contribution in [0.15, 0.2) is 218 Å². The van der Waals surface area contributed by atoms with E-state index >= 15 is 0 Å². The Morgan fingerprint density at radius 3 is 1.33 bits per heavy atom. The lowest BCUT2D eigenvalue weighted by Gasteiger charge is -2.35. The van der Waals surface area contributed by atoms with Crippen LogP contribution in [0.2, 0.25) is 0 Å². The fourth-order valence-electron chi connectivity index (χ4n) is 14.4. The fourth-order valence-corrected chi connectivity index (χ4v) is 14.4. The number of Topliss-reactive ketones (excluding diaryl/α,β-unsaturated/α-hetero) is 8. The van der Waals surface area contributed by atoms with Crippen LogP contribution in [-0.4, -0.2) is 71.3 Å². The molecule has 2 saturated carbocycles. The average Bonchev–Trinajstić information content (AvgIpc) is 0.797. The highest BCUT2D eigenvalue weighted by molar-refractivity contribution is 6.12. The fraction of sp³-hybridized carbons (Fsp3) is 0.385. The van der Waals surface area contributed by atoms with E-state index in [0.29, 0.717) is 61.5 Å². The van der Waals surface area contributed by atoms with E-state index in [4.69, 9.17) is 9.47 Å². The number of hydrogen-bond donors (Lipinski definition) is 0. The van der Waals surface area contributed by atoms with Crippen molar-refractivity contribution in [3.8, 4) is 0 Å². The molecule has 0 radical (unpaired) electrons. The second kappa shape index (κ2) is 41.4. The van der Waals surface area contributed by atoms with E-state index in [9.17, 15) is 52.7 Å². The van der Waals surface area contributed by atoms with E-state index < -0.39 is 53.4 Å². The van der Waals surface area contributed by atoms with Crippen LogP contribution in [0.4, 0.5) is 0 Å². The van der Waals surface area contributed by atoms with Gasteiger partial charge in [0.05, 0.1) is 24.9 Å². The van der Waals surface area contributed by atoms with Crippen molar-refractivity contribution >= 4 is 64.2 Å². The second-order valence-corrected chi connectivity index (χ2v) is 31.9. The summed E-state index contributed by atoms with van der Waals surface area (Å²) in [6.07, 6.45) is 4.10. The van der Waals surface area contributed by atoms with E-state index in [1.807, 2.05) is 230 Å². The molecular formula is C96H110O14. The summed E-state index contributed by atoms with van der Waals surface area (Å²) in [4.78, 5) is 136. The Kier molecular flexibility index (Phi) is 32.6. The van der Waals surface area contributed by atoms with Crippen LogP contribution in [0.5, 0.6) is 0 Å². The zero-order valence-corrected chi connectivity index (χ0v) is 66.6.